The summed E-state index contributed by atoms with van der Waals surface area (Å²) in [6, 6.07) is 14.4. The minimum Gasteiger partial charge on any atom is -0.394 e. The molecule has 1 N–H and O–H groups in total. The first-order valence-electron chi connectivity index (χ1n) is 9.68. The van der Waals surface area contributed by atoms with Gasteiger partial charge in [-0.25, -0.2) is 9.99 Å². The molecule has 0 bridgehead atoms. The molecule has 154 valence electrons. The van der Waals surface area contributed by atoms with Crippen molar-refractivity contribution in [3.8, 4) is 0 Å². The summed E-state index contributed by atoms with van der Waals surface area (Å²) in [6.07, 6.45) is 1.89. The average molecular weight is 414 g/mol. The van der Waals surface area contributed by atoms with E-state index in [0.29, 0.717) is 33.0 Å². The van der Waals surface area contributed by atoms with Crippen LogP contribution in [0.25, 0.3) is 10.2 Å². The van der Waals surface area contributed by atoms with E-state index in [1.54, 1.807) is 11.3 Å². The molecule has 0 aliphatic carbocycles. The van der Waals surface area contributed by atoms with E-state index in [0.717, 1.165) is 20.9 Å². The van der Waals surface area contributed by atoms with Crippen LogP contribution in [-0.4, -0.2) is 55.9 Å². The first-order chi connectivity index (χ1) is 14.2. The molecular formula is C22H27N3O3S. The maximum absolute atomic E-state index is 8.72. The van der Waals surface area contributed by atoms with Crippen molar-refractivity contribution in [3.63, 3.8) is 0 Å². The molecule has 29 heavy (non-hydrogen) atoms. The van der Waals surface area contributed by atoms with Gasteiger partial charge in [-0.3, -0.25) is 0 Å². The van der Waals surface area contributed by atoms with Gasteiger partial charge in [0.2, 0.25) is 5.13 Å². The van der Waals surface area contributed by atoms with Gasteiger partial charge < -0.3 is 14.6 Å². The molecule has 3 rings (SSSR count). The number of hydrazone groups is 1. The maximum Gasteiger partial charge on any atom is 0.207 e. The third-order valence-electron chi connectivity index (χ3n) is 4.33. The standard InChI is InChI=1S/C22H27N3O3S/c1-17-7-8-18(2)19(15-17)16-23-25(9-11-27-13-14-28-12-10-26)22-24-20-5-3-4-6-21(20)29-22/h3-8,15-16,26H,9-14H2,1-2H3/b23-16+. The third kappa shape index (κ3) is 6.33. The number of anilines is 1. The minimum atomic E-state index is 0.0263. The van der Waals surface area contributed by atoms with Crippen LogP contribution in [-0.2, 0) is 9.47 Å². The second-order valence-electron chi connectivity index (χ2n) is 6.64. The lowest BCUT2D eigenvalue weighted by Gasteiger charge is -2.16. The Labute approximate surface area is 175 Å². The quantitative estimate of drug-likeness (QED) is 0.294. The number of rotatable bonds is 11. The van der Waals surface area contributed by atoms with Crippen LogP contribution in [0.2, 0.25) is 0 Å². The van der Waals surface area contributed by atoms with Crippen molar-refractivity contribution >= 4 is 32.9 Å². The first kappa shape index (κ1) is 21.4. The molecule has 0 spiro atoms. The summed E-state index contributed by atoms with van der Waals surface area (Å²) in [4.78, 5) is 4.73. The van der Waals surface area contributed by atoms with Crippen LogP contribution < -0.4 is 5.01 Å². The number of para-hydroxylation sites is 1. The predicted molar refractivity (Wildman–Crippen MR) is 119 cm³/mol. The van der Waals surface area contributed by atoms with Crippen molar-refractivity contribution in [3.05, 3.63) is 59.2 Å². The zero-order valence-electron chi connectivity index (χ0n) is 16.9. The van der Waals surface area contributed by atoms with E-state index in [2.05, 4.69) is 38.1 Å². The summed E-state index contributed by atoms with van der Waals surface area (Å²) in [5, 5.41) is 16.2. The van der Waals surface area contributed by atoms with Crippen LogP contribution >= 0.6 is 11.3 Å². The smallest absolute Gasteiger partial charge is 0.207 e. The van der Waals surface area contributed by atoms with Gasteiger partial charge in [-0.15, -0.1) is 0 Å². The Hall–Kier alpha value is -2.32. The Morgan fingerprint density at radius 1 is 1.07 bits per heavy atom. The van der Waals surface area contributed by atoms with Gasteiger partial charge in [0.15, 0.2) is 0 Å². The normalized spacial score (nSPS) is 11.6. The van der Waals surface area contributed by atoms with Crippen LogP contribution in [0.4, 0.5) is 5.13 Å². The van der Waals surface area contributed by atoms with E-state index in [-0.39, 0.29) is 6.61 Å². The number of benzene rings is 2. The predicted octanol–water partition coefficient (Wildman–Crippen LogP) is 3.78. The summed E-state index contributed by atoms with van der Waals surface area (Å²) < 4.78 is 12.0. The van der Waals surface area contributed by atoms with E-state index >= 15 is 0 Å². The van der Waals surface area contributed by atoms with Crippen LogP contribution in [0.1, 0.15) is 16.7 Å². The molecule has 3 aromatic rings. The van der Waals surface area contributed by atoms with Crippen LogP contribution in [0.3, 0.4) is 0 Å². The highest BCUT2D eigenvalue weighted by Crippen LogP contribution is 2.28. The molecule has 0 saturated carbocycles. The molecule has 0 aliphatic rings. The zero-order chi connectivity index (χ0) is 20.5. The number of thiazole rings is 1. The molecule has 0 atom stereocenters. The van der Waals surface area contributed by atoms with Crippen molar-refractivity contribution in [2.75, 3.05) is 44.6 Å². The van der Waals surface area contributed by atoms with E-state index < -0.39 is 0 Å². The maximum atomic E-state index is 8.72. The number of nitrogens with zero attached hydrogens (tertiary/aromatic N) is 3. The fourth-order valence-electron chi connectivity index (χ4n) is 2.74. The summed E-state index contributed by atoms with van der Waals surface area (Å²) >= 11 is 1.62. The Bertz CT molecular complexity index is 909. The molecule has 1 aromatic heterocycles. The van der Waals surface area contributed by atoms with Crippen molar-refractivity contribution < 1.29 is 14.6 Å². The van der Waals surface area contributed by atoms with Gasteiger partial charge in [-0.2, -0.15) is 5.10 Å². The summed E-state index contributed by atoms with van der Waals surface area (Å²) in [5.74, 6) is 0. The molecule has 0 radical (unpaired) electrons. The number of hydrogen-bond acceptors (Lipinski definition) is 7. The Kier molecular flexibility index (Phi) is 8.13. The molecule has 1 heterocycles. The lowest BCUT2D eigenvalue weighted by molar-refractivity contribution is 0.0351. The highest BCUT2D eigenvalue weighted by atomic mass is 32.1. The van der Waals surface area contributed by atoms with Gasteiger partial charge >= 0.3 is 0 Å². The van der Waals surface area contributed by atoms with Crippen molar-refractivity contribution in [1.82, 2.24) is 4.98 Å². The van der Waals surface area contributed by atoms with Gasteiger partial charge in [0.1, 0.15) is 0 Å². The van der Waals surface area contributed by atoms with Crippen molar-refractivity contribution in [2.24, 2.45) is 5.10 Å². The van der Waals surface area contributed by atoms with Gasteiger partial charge in [0.25, 0.3) is 0 Å². The summed E-state index contributed by atoms with van der Waals surface area (Å²) in [6.45, 7) is 6.55. The zero-order valence-corrected chi connectivity index (χ0v) is 17.7. The summed E-state index contributed by atoms with van der Waals surface area (Å²) in [7, 11) is 0. The molecule has 0 amide bonds. The van der Waals surface area contributed by atoms with Gasteiger partial charge in [0.05, 0.1) is 56.0 Å². The highest BCUT2D eigenvalue weighted by molar-refractivity contribution is 7.22. The fraction of sp³-hybridized carbons (Fsp3) is 0.364. The molecule has 0 aliphatic heterocycles. The molecule has 6 nitrogen and oxygen atoms in total. The second kappa shape index (κ2) is 11.0. The average Bonchev–Trinajstić information content (AvgIpc) is 3.16. The largest absolute Gasteiger partial charge is 0.394 e. The Balaban J connectivity index is 1.70. The number of aryl methyl sites for hydroxylation is 2. The van der Waals surface area contributed by atoms with Crippen molar-refractivity contribution in [1.29, 1.82) is 0 Å². The molecule has 7 heteroatoms. The number of fused-ring (bicyclic) bond motifs is 1. The number of ether oxygens (including phenoxy) is 2. The van der Waals surface area contributed by atoms with Gasteiger partial charge in [-0.05, 0) is 37.1 Å². The molecule has 0 unspecified atom stereocenters. The van der Waals surface area contributed by atoms with Crippen LogP contribution in [0.15, 0.2) is 47.6 Å². The Morgan fingerprint density at radius 3 is 2.66 bits per heavy atom. The lowest BCUT2D eigenvalue weighted by atomic mass is 10.1. The Morgan fingerprint density at radius 2 is 1.86 bits per heavy atom. The molecular weight excluding hydrogens is 386 g/mol. The number of aliphatic hydroxyl groups excluding tert-OH is 1. The molecule has 0 saturated heterocycles. The number of hydrogen-bond donors (Lipinski definition) is 1. The van der Waals surface area contributed by atoms with E-state index in [4.69, 9.17) is 24.7 Å². The third-order valence-corrected chi connectivity index (χ3v) is 5.38. The number of aliphatic hydroxyl groups is 1. The molecule has 2 aromatic carbocycles. The SMILES string of the molecule is Cc1ccc(C)c(/C=N/N(CCOCCOCCO)c2nc3ccccc3s2)c1. The highest BCUT2D eigenvalue weighted by Gasteiger charge is 2.11. The second-order valence-corrected chi connectivity index (χ2v) is 7.65. The molecule has 0 fully saturated rings. The van der Waals surface area contributed by atoms with Crippen molar-refractivity contribution in [2.45, 2.75) is 13.8 Å². The van der Waals surface area contributed by atoms with Gasteiger partial charge in [0, 0.05) is 0 Å². The van der Waals surface area contributed by atoms with E-state index in [1.807, 2.05) is 29.4 Å². The fourth-order valence-corrected chi connectivity index (χ4v) is 3.69. The monoisotopic (exact) mass is 413 g/mol. The van der Waals surface area contributed by atoms with Crippen LogP contribution in [0.5, 0.6) is 0 Å². The van der Waals surface area contributed by atoms with Crippen LogP contribution in [0, 0.1) is 13.8 Å². The van der Waals surface area contributed by atoms with E-state index in [9.17, 15) is 0 Å². The number of aromatic nitrogens is 1. The first-order valence-corrected chi connectivity index (χ1v) is 10.5. The van der Waals surface area contributed by atoms with Gasteiger partial charge in [-0.1, -0.05) is 47.2 Å². The summed E-state index contributed by atoms with van der Waals surface area (Å²) in [5.41, 5.74) is 4.45. The topological polar surface area (TPSA) is 67.2 Å². The van der Waals surface area contributed by atoms with E-state index in [1.165, 1.54) is 11.1 Å². The lowest BCUT2D eigenvalue weighted by Crippen LogP contribution is -2.23. The minimum absolute atomic E-state index is 0.0263.